The van der Waals surface area contributed by atoms with Crippen LogP contribution in [0.4, 0.5) is 11.6 Å². The molecule has 0 aliphatic heterocycles. The highest BCUT2D eigenvalue weighted by molar-refractivity contribution is 6.03. The van der Waals surface area contributed by atoms with E-state index in [0.29, 0.717) is 22.9 Å². The van der Waals surface area contributed by atoms with Gasteiger partial charge < -0.3 is 15.4 Å². The van der Waals surface area contributed by atoms with E-state index in [1.807, 2.05) is 30.3 Å². The van der Waals surface area contributed by atoms with E-state index >= 15 is 0 Å². The number of hydrogen-bond donors (Lipinski definition) is 2. The quantitative estimate of drug-likeness (QED) is 0.706. The average molecular weight is 348 g/mol. The van der Waals surface area contributed by atoms with Gasteiger partial charge in [-0.05, 0) is 42.8 Å². The molecule has 0 spiro atoms. The number of anilines is 2. The maximum absolute atomic E-state index is 12.3. The van der Waals surface area contributed by atoms with E-state index in [9.17, 15) is 4.79 Å². The number of hydrogen-bond acceptors (Lipinski definition) is 5. The van der Waals surface area contributed by atoms with Crippen LogP contribution in [0.25, 0.3) is 0 Å². The Morgan fingerprint density at radius 1 is 0.962 bits per heavy atom. The first-order chi connectivity index (χ1) is 12.7. The zero-order valence-corrected chi connectivity index (χ0v) is 14.6. The predicted octanol–water partition coefficient (Wildman–Crippen LogP) is 3.91. The number of amides is 1. The third kappa shape index (κ3) is 4.36. The summed E-state index contributed by atoms with van der Waals surface area (Å²) in [5.41, 5.74) is 1.65. The zero-order valence-electron chi connectivity index (χ0n) is 14.6. The summed E-state index contributed by atoms with van der Waals surface area (Å²) in [5.74, 6) is 1.38. The lowest BCUT2D eigenvalue weighted by Gasteiger charge is -2.14. The second-order valence-corrected chi connectivity index (χ2v) is 5.77. The van der Waals surface area contributed by atoms with Gasteiger partial charge >= 0.3 is 0 Å². The molecule has 0 saturated heterocycles. The molecule has 2 N–H and O–H groups in total. The van der Waals surface area contributed by atoms with Gasteiger partial charge in [-0.25, -0.2) is 0 Å². The molecule has 0 fully saturated rings. The van der Waals surface area contributed by atoms with Crippen molar-refractivity contribution in [2.45, 2.75) is 13.0 Å². The number of ether oxygens (including phenoxy) is 1. The van der Waals surface area contributed by atoms with Crippen molar-refractivity contribution in [2.24, 2.45) is 0 Å². The fraction of sp³-hybridized carbons (Fsp3) is 0.150. The average Bonchev–Trinajstić information content (AvgIpc) is 2.70. The van der Waals surface area contributed by atoms with Gasteiger partial charge in [0.05, 0.1) is 7.11 Å². The molecule has 3 rings (SSSR count). The molecule has 0 aliphatic rings. The lowest BCUT2D eigenvalue weighted by molar-refractivity contribution is 0.102. The van der Waals surface area contributed by atoms with Gasteiger partial charge in [0.2, 0.25) is 0 Å². The van der Waals surface area contributed by atoms with Crippen molar-refractivity contribution in [1.29, 1.82) is 0 Å². The van der Waals surface area contributed by atoms with E-state index in [-0.39, 0.29) is 11.9 Å². The van der Waals surface area contributed by atoms with Crippen molar-refractivity contribution in [3.63, 3.8) is 0 Å². The summed E-state index contributed by atoms with van der Waals surface area (Å²) in [6.07, 6.45) is 0. The number of carbonyl (C=O) groups is 1. The minimum atomic E-state index is -0.267. The molecule has 2 aromatic carbocycles. The number of aromatic nitrogens is 2. The van der Waals surface area contributed by atoms with Crippen LogP contribution in [0.5, 0.6) is 5.75 Å². The maximum atomic E-state index is 12.3. The van der Waals surface area contributed by atoms with Gasteiger partial charge in [0.1, 0.15) is 11.6 Å². The van der Waals surface area contributed by atoms with E-state index in [1.54, 1.807) is 43.5 Å². The van der Waals surface area contributed by atoms with Gasteiger partial charge in [-0.3, -0.25) is 4.79 Å². The fourth-order valence-corrected chi connectivity index (χ4v) is 2.48. The molecule has 1 aromatic heterocycles. The summed E-state index contributed by atoms with van der Waals surface area (Å²) in [6.45, 7) is 2.05. The molecule has 0 radical (unpaired) electrons. The van der Waals surface area contributed by atoms with Gasteiger partial charge in [0, 0.05) is 11.6 Å². The highest BCUT2D eigenvalue weighted by Gasteiger charge is 2.09. The molecule has 1 heterocycles. The molecule has 6 nitrogen and oxygen atoms in total. The first-order valence-electron chi connectivity index (χ1n) is 8.26. The van der Waals surface area contributed by atoms with Crippen LogP contribution in [-0.4, -0.2) is 23.2 Å². The Hall–Kier alpha value is -3.41. The summed E-state index contributed by atoms with van der Waals surface area (Å²) >= 11 is 0. The van der Waals surface area contributed by atoms with E-state index in [4.69, 9.17) is 4.74 Å². The Labute approximate surface area is 152 Å². The number of nitrogens with one attached hydrogen (secondary N) is 2. The molecule has 1 atom stereocenters. The third-order valence-electron chi connectivity index (χ3n) is 3.90. The maximum Gasteiger partial charge on any atom is 0.256 e. The summed E-state index contributed by atoms with van der Waals surface area (Å²) in [7, 11) is 1.56. The summed E-state index contributed by atoms with van der Waals surface area (Å²) in [6, 6.07) is 20.6. The van der Waals surface area contributed by atoms with Crippen LogP contribution in [0, 0.1) is 0 Å². The van der Waals surface area contributed by atoms with Gasteiger partial charge in [-0.15, -0.1) is 10.2 Å². The van der Waals surface area contributed by atoms with Crippen LogP contribution >= 0.6 is 0 Å². The van der Waals surface area contributed by atoms with E-state index < -0.39 is 0 Å². The number of rotatable bonds is 6. The Morgan fingerprint density at radius 2 is 1.69 bits per heavy atom. The van der Waals surface area contributed by atoms with E-state index in [0.717, 1.165) is 5.56 Å². The Kier molecular flexibility index (Phi) is 5.43. The second-order valence-electron chi connectivity index (χ2n) is 5.77. The normalized spacial score (nSPS) is 11.5. The molecule has 0 bridgehead atoms. The molecule has 0 aliphatic carbocycles. The first-order valence-corrected chi connectivity index (χ1v) is 8.26. The molecular weight excluding hydrogens is 328 g/mol. The van der Waals surface area contributed by atoms with Crippen LogP contribution in [-0.2, 0) is 0 Å². The van der Waals surface area contributed by atoms with E-state index in [1.165, 1.54) is 0 Å². The third-order valence-corrected chi connectivity index (χ3v) is 3.90. The van der Waals surface area contributed by atoms with Crippen molar-refractivity contribution in [3.05, 3.63) is 77.9 Å². The van der Waals surface area contributed by atoms with Gasteiger partial charge in [0.25, 0.3) is 5.91 Å². The van der Waals surface area contributed by atoms with Crippen molar-refractivity contribution >= 4 is 17.5 Å². The molecule has 26 heavy (non-hydrogen) atoms. The van der Waals surface area contributed by atoms with Crippen LogP contribution in [0.15, 0.2) is 66.7 Å². The zero-order chi connectivity index (χ0) is 18.4. The largest absolute Gasteiger partial charge is 0.497 e. The van der Waals surface area contributed by atoms with Crippen molar-refractivity contribution in [3.8, 4) is 5.75 Å². The molecule has 132 valence electrons. The Morgan fingerprint density at radius 3 is 2.38 bits per heavy atom. The minimum Gasteiger partial charge on any atom is -0.497 e. The van der Waals surface area contributed by atoms with Crippen LogP contribution in [0.3, 0.4) is 0 Å². The monoisotopic (exact) mass is 348 g/mol. The molecule has 1 unspecified atom stereocenters. The van der Waals surface area contributed by atoms with Crippen LogP contribution < -0.4 is 15.4 Å². The van der Waals surface area contributed by atoms with Crippen LogP contribution in [0.2, 0.25) is 0 Å². The topological polar surface area (TPSA) is 76.1 Å². The number of benzene rings is 2. The van der Waals surface area contributed by atoms with Crippen molar-refractivity contribution < 1.29 is 9.53 Å². The number of methoxy groups -OCH3 is 1. The summed E-state index contributed by atoms with van der Waals surface area (Å²) < 4.78 is 5.13. The standard InChI is InChI=1S/C20H20N4O2/c1-14(15-7-4-3-5-8-15)21-18-11-12-19(24-23-18)22-20(25)16-9-6-10-17(13-16)26-2/h3-14H,1-2H3,(H,21,23)(H,22,24,25). The SMILES string of the molecule is COc1cccc(C(=O)Nc2ccc(NC(C)c3ccccc3)nn2)c1. The van der Waals surface area contributed by atoms with Crippen LogP contribution in [0.1, 0.15) is 28.9 Å². The summed E-state index contributed by atoms with van der Waals surface area (Å²) in [4.78, 5) is 12.3. The van der Waals surface area contributed by atoms with Gasteiger partial charge in [0.15, 0.2) is 5.82 Å². The Bertz CT molecular complexity index is 866. The lowest BCUT2D eigenvalue weighted by Crippen LogP contribution is -2.14. The molecule has 1 amide bonds. The second kappa shape index (κ2) is 8.11. The highest BCUT2D eigenvalue weighted by Crippen LogP contribution is 2.18. The smallest absolute Gasteiger partial charge is 0.256 e. The number of nitrogens with zero attached hydrogens (tertiary/aromatic N) is 2. The molecule has 6 heteroatoms. The molecule has 3 aromatic rings. The van der Waals surface area contributed by atoms with Gasteiger partial charge in [-0.1, -0.05) is 36.4 Å². The lowest BCUT2D eigenvalue weighted by atomic mass is 10.1. The van der Waals surface area contributed by atoms with Crippen molar-refractivity contribution in [2.75, 3.05) is 17.7 Å². The summed E-state index contributed by atoms with van der Waals surface area (Å²) in [5, 5.41) is 14.2. The molecular formula is C20H20N4O2. The Balaban J connectivity index is 1.63. The van der Waals surface area contributed by atoms with Gasteiger partial charge in [-0.2, -0.15) is 0 Å². The fourth-order valence-electron chi connectivity index (χ4n) is 2.48. The number of carbonyl (C=O) groups excluding carboxylic acids is 1. The van der Waals surface area contributed by atoms with Crippen molar-refractivity contribution in [1.82, 2.24) is 10.2 Å². The molecule has 0 saturated carbocycles. The predicted molar refractivity (Wildman–Crippen MR) is 101 cm³/mol. The highest BCUT2D eigenvalue weighted by atomic mass is 16.5. The minimum absolute atomic E-state index is 0.0997. The first kappa shape index (κ1) is 17.4. The van der Waals surface area contributed by atoms with E-state index in [2.05, 4.69) is 27.8 Å².